The van der Waals surface area contributed by atoms with E-state index in [1.165, 1.54) is 11.0 Å². The molecule has 3 unspecified atom stereocenters. The Kier molecular flexibility index (Phi) is 7.25. The maximum Gasteiger partial charge on any atom is 0.425 e. The monoisotopic (exact) mass is 549 g/mol. The normalized spacial score (nSPS) is 26.7. The van der Waals surface area contributed by atoms with E-state index in [1.807, 2.05) is 4.90 Å². The largest absolute Gasteiger partial charge is 0.437 e. The van der Waals surface area contributed by atoms with E-state index in [4.69, 9.17) is 4.74 Å². The zero-order valence-corrected chi connectivity index (χ0v) is 21.3. The molecule has 4 aliphatic heterocycles. The van der Waals surface area contributed by atoms with E-state index in [9.17, 15) is 31.1 Å². The number of hydrogen-bond acceptors (Lipinski definition) is 5. The fourth-order valence-electron chi connectivity index (χ4n) is 6.44. The summed E-state index contributed by atoms with van der Waals surface area (Å²) in [7, 11) is 0. The highest BCUT2D eigenvalue weighted by Crippen LogP contribution is 2.44. The molecule has 4 heterocycles. The van der Waals surface area contributed by atoms with E-state index in [-0.39, 0.29) is 25.0 Å². The Hall–Kier alpha value is -2.21. The van der Waals surface area contributed by atoms with Gasteiger partial charge in [0.2, 0.25) is 0 Å². The number of likely N-dealkylation sites (tertiary alicyclic amines) is 2. The molecule has 12 heteroatoms. The van der Waals surface area contributed by atoms with Gasteiger partial charge in [0.05, 0.1) is 18.8 Å². The predicted octanol–water partition coefficient (Wildman–Crippen LogP) is 5.16. The number of piperidine rings is 1. The third-order valence-electron chi connectivity index (χ3n) is 8.76. The molecule has 4 saturated heterocycles. The van der Waals surface area contributed by atoms with E-state index < -0.39 is 30.1 Å². The smallest absolute Gasteiger partial charge is 0.425 e. The van der Waals surface area contributed by atoms with Crippen molar-refractivity contribution in [2.75, 3.05) is 57.4 Å². The van der Waals surface area contributed by atoms with Crippen molar-refractivity contribution >= 4 is 11.8 Å². The second-order valence-electron chi connectivity index (χ2n) is 11.3. The Bertz CT molecular complexity index is 1010. The lowest BCUT2D eigenvalue weighted by atomic mass is 9.78. The van der Waals surface area contributed by atoms with Crippen LogP contribution in [0, 0.1) is 17.3 Å². The van der Waals surface area contributed by atoms with Crippen LogP contribution in [0.3, 0.4) is 0 Å². The number of hydrogen-bond donors (Lipinski definition) is 0. The predicted molar refractivity (Wildman–Crippen MR) is 127 cm³/mol. The quantitative estimate of drug-likeness (QED) is 0.486. The molecule has 0 N–H and O–H groups in total. The first-order chi connectivity index (χ1) is 17.8. The molecule has 3 atom stereocenters. The number of fused-ring (bicyclic) bond motifs is 1. The highest BCUT2D eigenvalue weighted by atomic mass is 19.4. The number of benzene rings is 1. The fourth-order valence-corrected chi connectivity index (χ4v) is 6.44. The van der Waals surface area contributed by atoms with Crippen LogP contribution >= 0.6 is 0 Å². The van der Waals surface area contributed by atoms with Gasteiger partial charge in [-0.15, -0.1) is 0 Å². The van der Waals surface area contributed by atoms with Gasteiger partial charge in [-0.3, -0.25) is 4.90 Å². The summed E-state index contributed by atoms with van der Waals surface area (Å²) in [4.78, 5) is 17.6. The van der Waals surface area contributed by atoms with Gasteiger partial charge in [0.15, 0.2) is 6.10 Å². The molecular formula is C26H33F6N3O3. The first kappa shape index (κ1) is 27.4. The summed E-state index contributed by atoms with van der Waals surface area (Å²) in [5, 5.41) is 0. The third kappa shape index (κ3) is 5.57. The minimum Gasteiger partial charge on any atom is -0.437 e. The number of rotatable bonds is 4. The third-order valence-corrected chi connectivity index (χ3v) is 8.76. The van der Waals surface area contributed by atoms with Crippen LogP contribution in [0.15, 0.2) is 18.2 Å². The molecule has 1 aromatic carbocycles. The summed E-state index contributed by atoms with van der Waals surface area (Å²) in [5.41, 5.74) is 0.133. The van der Waals surface area contributed by atoms with E-state index >= 15 is 0 Å². The SMILES string of the molecule is CC(OC(=O)N1CCC2(CCN(Cc3c(N4CC5COCC5C4)cccc3C(F)(F)F)C2)CC1)C(F)(F)F. The average Bonchev–Trinajstić information content (AvgIpc) is 3.54. The molecule has 0 radical (unpaired) electrons. The Balaban J connectivity index is 1.25. The number of carbonyl (C=O) groups is 1. The summed E-state index contributed by atoms with van der Waals surface area (Å²) in [6, 6.07) is 4.41. The second-order valence-corrected chi connectivity index (χ2v) is 11.3. The number of halogens is 6. The molecule has 0 aromatic heterocycles. The van der Waals surface area contributed by atoms with Gasteiger partial charge in [-0.2, -0.15) is 26.3 Å². The minimum atomic E-state index is -4.62. The van der Waals surface area contributed by atoms with Crippen molar-refractivity contribution < 1.29 is 40.6 Å². The molecule has 1 spiro atoms. The van der Waals surface area contributed by atoms with E-state index in [0.29, 0.717) is 75.3 Å². The number of ether oxygens (including phenoxy) is 2. The topological polar surface area (TPSA) is 45.2 Å². The molecule has 4 fully saturated rings. The van der Waals surface area contributed by atoms with Crippen LogP contribution in [0.25, 0.3) is 0 Å². The number of nitrogens with zero attached hydrogens (tertiary/aromatic N) is 3. The number of amides is 1. The fraction of sp³-hybridized carbons (Fsp3) is 0.731. The van der Waals surface area contributed by atoms with Crippen molar-refractivity contribution in [3.8, 4) is 0 Å². The Morgan fingerprint density at radius 1 is 1.05 bits per heavy atom. The Morgan fingerprint density at radius 2 is 1.68 bits per heavy atom. The summed E-state index contributed by atoms with van der Waals surface area (Å²) in [6.07, 6.45) is -10.3. The highest BCUT2D eigenvalue weighted by Gasteiger charge is 2.45. The van der Waals surface area contributed by atoms with E-state index in [0.717, 1.165) is 19.4 Å². The lowest BCUT2D eigenvalue weighted by Crippen LogP contribution is -2.46. The molecule has 0 saturated carbocycles. The molecule has 38 heavy (non-hydrogen) atoms. The van der Waals surface area contributed by atoms with Gasteiger partial charge in [-0.25, -0.2) is 4.79 Å². The van der Waals surface area contributed by atoms with Crippen LogP contribution < -0.4 is 4.90 Å². The van der Waals surface area contributed by atoms with E-state index in [1.54, 1.807) is 6.07 Å². The van der Waals surface area contributed by atoms with Gasteiger partial charge >= 0.3 is 18.4 Å². The molecule has 4 aliphatic rings. The summed E-state index contributed by atoms with van der Waals surface area (Å²) in [5.74, 6) is 0.673. The molecule has 212 valence electrons. The molecule has 6 nitrogen and oxygen atoms in total. The summed E-state index contributed by atoms with van der Waals surface area (Å²) >= 11 is 0. The molecule has 5 rings (SSSR count). The zero-order chi connectivity index (χ0) is 27.3. The van der Waals surface area contributed by atoms with Gasteiger partial charge in [0, 0.05) is 62.4 Å². The van der Waals surface area contributed by atoms with Crippen LogP contribution in [0.5, 0.6) is 0 Å². The number of alkyl halides is 6. The van der Waals surface area contributed by atoms with Crippen LogP contribution in [0.1, 0.15) is 37.3 Å². The van der Waals surface area contributed by atoms with Gasteiger partial charge < -0.3 is 19.3 Å². The number of carbonyl (C=O) groups excluding carboxylic acids is 1. The van der Waals surface area contributed by atoms with Crippen LogP contribution in [-0.4, -0.2) is 80.7 Å². The van der Waals surface area contributed by atoms with Crippen molar-refractivity contribution in [1.82, 2.24) is 9.80 Å². The molecule has 1 aromatic rings. The van der Waals surface area contributed by atoms with Crippen molar-refractivity contribution in [2.24, 2.45) is 17.3 Å². The first-order valence-electron chi connectivity index (χ1n) is 13.1. The van der Waals surface area contributed by atoms with Crippen molar-refractivity contribution in [3.05, 3.63) is 29.3 Å². The first-order valence-corrected chi connectivity index (χ1v) is 13.1. The minimum absolute atomic E-state index is 0.171. The van der Waals surface area contributed by atoms with Gasteiger partial charge in [0.25, 0.3) is 0 Å². The number of anilines is 1. The molecule has 0 aliphatic carbocycles. The lowest BCUT2D eigenvalue weighted by Gasteiger charge is -2.39. The van der Waals surface area contributed by atoms with Crippen molar-refractivity contribution in [3.63, 3.8) is 0 Å². The van der Waals surface area contributed by atoms with Crippen LogP contribution in [-0.2, 0) is 22.2 Å². The molecule has 0 bridgehead atoms. The Labute approximate surface area is 217 Å². The van der Waals surface area contributed by atoms with Crippen LogP contribution in [0.4, 0.5) is 36.8 Å². The summed E-state index contributed by atoms with van der Waals surface area (Å²) in [6.45, 7) is 5.36. The van der Waals surface area contributed by atoms with Crippen molar-refractivity contribution in [1.29, 1.82) is 0 Å². The van der Waals surface area contributed by atoms with E-state index in [2.05, 4.69) is 9.64 Å². The lowest BCUT2D eigenvalue weighted by molar-refractivity contribution is -0.200. The Morgan fingerprint density at radius 3 is 2.29 bits per heavy atom. The van der Waals surface area contributed by atoms with Crippen molar-refractivity contribution in [2.45, 2.75) is 51.2 Å². The molecule has 1 amide bonds. The highest BCUT2D eigenvalue weighted by molar-refractivity contribution is 5.68. The van der Waals surface area contributed by atoms with Gasteiger partial charge in [-0.05, 0) is 50.3 Å². The molecular weight excluding hydrogens is 516 g/mol. The summed E-state index contributed by atoms with van der Waals surface area (Å²) < 4.78 is 90.6. The average molecular weight is 550 g/mol. The second kappa shape index (κ2) is 10.1. The van der Waals surface area contributed by atoms with Crippen LogP contribution in [0.2, 0.25) is 0 Å². The zero-order valence-electron chi connectivity index (χ0n) is 21.3. The van der Waals surface area contributed by atoms with Gasteiger partial charge in [0.1, 0.15) is 0 Å². The standard InChI is InChI=1S/C26H33F6N3O3/c1-17(25(27,28)29)38-23(36)34-9-6-24(7-10-34)5-8-33(16-24)13-20-21(26(30,31)32)3-2-4-22(20)35-11-18-14-37-15-19(18)12-35/h2-4,17-19H,5-16H2,1H3. The maximum absolute atomic E-state index is 14.1. The maximum atomic E-state index is 14.1. The van der Waals surface area contributed by atoms with Gasteiger partial charge in [-0.1, -0.05) is 6.07 Å².